The van der Waals surface area contributed by atoms with Crippen LogP contribution in [0, 0.1) is 0 Å². The maximum absolute atomic E-state index is 11.7. The molecule has 0 radical (unpaired) electrons. The number of hydrogen-bond donors (Lipinski definition) is 2. The van der Waals surface area contributed by atoms with Gasteiger partial charge in [-0.05, 0) is 19.8 Å². The lowest BCUT2D eigenvalue weighted by molar-refractivity contribution is -0.204. The van der Waals surface area contributed by atoms with E-state index in [4.69, 9.17) is 10.8 Å². The summed E-state index contributed by atoms with van der Waals surface area (Å²) in [5.74, 6) is -3.54. The molecule has 0 aliphatic carbocycles. The highest BCUT2D eigenvalue weighted by atomic mass is 19.4. The van der Waals surface area contributed by atoms with Crippen molar-refractivity contribution in [2.24, 2.45) is 5.73 Å². The molecule has 0 amide bonds. The van der Waals surface area contributed by atoms with Gasteiger partial charge in [0, 0.05) is 0 Å². The zero-order valence-corrected chi connectivity index (χ0v) is 8.45. The van der Waals surface area contributed by atoms with Crippen LogP contribution in [0.15, 0.2) is 0 Å². The van der Waals surface area contributed by atoms with E-state index in [9.17, 15) is 22.8 Å². The molecule has 5 nitrogen and oxygen atoms in total. The molecule has 0 bridgehead atoms. The fraction of sp³-hybridized carbons (Fsp3) is 0.750. The summed E-state index contributed by atoms with van der Waals surface area (Å²) in [5.41, 5.74) is 5.12. The Balaban J connectivity index is 3.96. The van der Waals surface area contributed by atoms with Crippen LogP contribution in [0.3, 0.4) is 0 Å². The summed E-state index contributed by atoms with van der Waals surface area (Å²) in [6, 6.07) is -1.17. The fourth-order valence-corrected chi connectivity index (χ4v) is 0.846. The largest absolute Gasteiger partial charge is 0.490 e. The van der Waals surface area contributed by atoms with Gasteiger partial charge in [-0.1, -0.05) is 0 Å². The van der Waals surface area contributed by atoms with Gasteiger partial charge >= 0.3 is 18.1 Å². The van der Waals surface area contributed by atoms with Crippen LogP contribution < -0.4 is 5.73 Å². The number of carboxylic acid groups (broad SMARTS) is 1. The van der Waals surface area contributed by atoms with Gasteiger partial charge in [-0.25, -0.2) is 4.79 Å². The molecular weight excluding hydrogens is 231 g/mol. The van der Waals surface area contributed by atoms with Crippen LogP contribution in [0.2, 0.25) is 0 Å². The van der Waals surface area contributed by atoms with Crippen molar-refractivity contribution in [2.45, 2.75) is 38.1 Å². The second-order valence-corrected chi connectivity index (χ2v) is 3.24. The van der Waals surface area contributed by atoms with E-state index in [1.54, 1.807) is 0 Å². The Labute approximate surface area is 89.4 Å². The SMILES string of the molecule is CC(CC[C@H](N)C(=O)O)OC(=O)C(F)(F)F. The molecule has 1 unspecified atom stereocenters. The van der Waals surface area contributed by atoms with Crippen LogP contribution in [0.4, 0.5) is 13.2 Å². The highest BCUT2D eigenvalue weighted by Gasteiger charge is 2.41. The molecule has 0 spiro atoms. The summed E-state index contributed by atoms with van der Waals surface area (Å²) < 4.78 is 39.3. The van der Waals surface area contributed by atoms with Crippen molar-refractivity contribution in [3.05, 3.63) is 0 Å². The number of carbonyl (C=O) groups is 2. The fourth-order valence-electron chi connectivity index (χ4n) is 0.846. The third-order valence-electron chi connectivity index (χ3n) is 1.74. The Morgan fingerprint density at radius 3 is 2.25 bits per heavy atom. The monoisotopic (exact) mass is 243 g/mol. The second kappa shape index (κ2) is 5.69. The molecule has 0 aliphatic rings. The van der Waals surface area contributed by atoms with Gasteiger partial charge in [0.05, 0.1) is 6.10 Å². The smallest absolute Gasteiger partial charge is 0.480 e. The van der Waals surface area contributed by atoms with Gasteiger partial charge in [0.25, 0.3) is 0 Å². The van der Waals surface area contributed by atoms with Gasteiger partial charge in [-0.3, -0.25) is 4.79 Å². The van der Waals surface area contributed by atoms with E-state index in [2.05, 4.69) is 4.74 Å². The van der Waals surface area contributed by atoms with Gasteiger partial charge in [0.1, 0.15) is 6.04 Å². The highest BCUT2D eigenvalue weighted by Crippen LogP contribution is 2.18. The molecular formula is C8H12F3NO4. The minimum Gasteiger partial charge on any atom is -0.480 e. The number of rotatable bonds is 5. The molecule has 16 heavy (non-hydrogen) atoms. The van der Waals surface area contributed by atoms with E-state index in [1.807, 2.05) is 0 Å². The maximum Gasteiger partial charge on any atom is 0.490 e. The van der Waals surface area contributed by atoms with E-state index >= 15 is 0 Å². The van der Waals surface area contributed by atoms with Crippen molar-refractivity contribution in [1.29, 1.82) is 0 Å². The summed E-state index contributed by atoms with van der Waals surface area (Å²) in [7, 11) is 0. The maximum atomic E-state index is 11.7. The first-order valence-corrected chi connectivity index (χ1v) is 4.40. The zero-order valence-electron chi connectivity index (χ0n) is 8.45. The molecule has 94 valence electrons. The Morgan fingerprint density at radius 2 is 1.88 bits per heavy atom. The van der Waals surface area contributed by atoms with Crippen LogP contribution in [-0.4, -0.2) is 35.4 Å². The molecule has 0 aromatic rings. The lowest BCUT2D eigenvalue weighted by Gasteiger charge is -2.15. The number of aliphatic carboxylic acids is 1. The second-order valence-electron chi connectivity index (χ2n) is 3.24. The van der Waals surface area contributed by atoms with Crippen molar-refractivity contribution in [1.82, 2.24) is 0 Å². The number of alkyl halides is 3. The molecule has 3 N–H and O–H groups in total. The number of hydrogen-bond acceptors (Lipinski definition) is 4. The minimum atomic E-state index is -5.04. The zero-order chi connectivity index (χ0) is 12.9. The summed E-state index contributed by atoms with van der Waals surface area (Å²) in [5, 5.41) is 8.39. The Morgan fingerprint density at radius 1 is 1.38 bits per heavy atom. The Hall–Kier alpha value is -1.31. The molecule has 0 aliphatic heterocycles. The van der Waals surface area contributed by atoms with Crippen molar-refractivity contribution in [2.75, 3.05) is 0 Å². The summed E-state index contributed by atoms with van der Waals surface area (Å²) in [6.07, 6.45) is -6.18. The third kappa shape index (κ3) is 5.54. The number of nitrogens with two attached hydrogens (primary N) is 1. The van der Waals surface area contributed by atoms with E-state index in [1.165, 1.54) is 6.92 Å². The quantitative estimate of drug-likeness (QED) is 0.693. The van der Waals surface area contributed by atoms with Gasteiger partial charge in [0.15, 0.2) is 0 Å². The van der Waals surface area contributed by atoms with Crippen LogP contribution in [-0.2, 0) is 14.3 Å². The molecule has 0 fully saturated rings. The van der Waals surface area contributed by atoms with Crippen LogP contribution in [0.25, 0.3) is 0 Å². The van der Waals surface area contributed by atoms with Crippen LogP contribution >= 0.6 is 0 Å². The standard InChI is InChI=1S/C8H12F3NO4/c1-4(2-3-5(12)6(13)14)16-7(15)8(9,10)11/h4-5H,2-3,12H2,1H3,(H,13,14)/t4?,5-/m0/s1. The highest BCUT2D eigenvalue weighted by molar-refractivity contribution is 5.75. The van der Waals surface area contributed by atoms with Crippen molar-refractivity contribution in [3.63, 3.8) is 0 Å². The van der Waals surface area contributed by atoms with Gasteiger partial charge in [-0.15, -0.1) is 0 Å². The average Bonchev–Trinajstić information content (AvgIpc) is 2.12. The van der Waals surface area contributed by atoms with E-state index in [0.29, 0.717) is 0 Å². The molecule has 0 aromatic carbocycles. The third-order valence-corrected chi connectivity index (χ3v) is 1.74. The molecule has 0 saturated heterocycles. The first-order chi connectivity index (χ1) is 7.14. The first kappa shape index (κ1) is 14.7. The van der Waals surface area contributed by atoms with Crippen LogP contribution in [0.5, 0.6) is 0 Å². The predicted molar refractivity (Wildman–Crippen MR) is 46.5 cm³/mol. The molecule has 0 aromatic heterocycles. The first-order valence-electron chi connectivity index (χ1n) is 4.40. The summed E-state index contributed by atoms with van der Waals surface area (Å²) >= 11 is 0. The Kier molecular flexibility index (Phi) is 5.22. The van der Waals surface area contributed by atoms with Crippen LogP contribution in [0.1, 0.15) is 19.8 Å². The molecule has 0 heterocycles. The summed E-state index contributed by atoms with van der Waals surface area (Å²) in [6.45, 7) is 1.23. The van der Waals surface area contributed by atoms with Crippen molar-refractivity contribution >= 4 is 11.9 Å². The number of esters is 1. The normalized spacial score (nSPS) is 15.3. The van der Waals surface area contributed by atoms with E-state index < -0.39 is 30.3 Å². The Bertz CT molecular complexity index is 266. The van der Waals surface area contributed by atoms with Gasteiger partial charge in [0.2, 0.25) is 0 Å². The molecule has 2 atom stereocenters. The van der Waals surface area contributed by atoms with Gasteiger partial charge < -0.3 is 15.6 Å². The van der Waals surface area contributed by atoms with Gasteiger partial charge in [-0.2, -0.15) is 13.2 Å². The molecule has 8 heteroatoms. The number of carboxylic acids is 1. The number of carbonyl (C=O) groups excluding carboxylic acids is 1. The average molecular weight is 243 g/mol. The van der Waals surface area contributed by atoms with E-state index in [0.717, 1.165) is 0 Å². The number of ether oxygens (including phenoxy) is 1. The summed E-state index contributed by atoms with van der Waals surface area (Å²) in [4.78, 5) is 20.6. The topological polar surface area (TPSA) is 89.6 Å². The van der Waals surface area contributed by atoms with Crippen molar-refractivity contribution in [3.8, 4) is 0 Å². The molecule has 0 rings (SSSR count). The predicted octanol–water partition coefficient (Wildman–Crippen LogP) is 0.673. The van der Waals surface area contributed by atoms with Crippen molar-refractivity contribution < 1.29 is 32.6 Å². The minimum absolute atomic E-state index is 0.0463. The lowest BCUT2D eigenvalue weighted by atomic mass is 10.1. The number of halogens is 3. The lowest BCUT2D eigenvalue weighted by Crippen LogP contribution is -2.33. The van der Waals surface area contributed by atoms with E-state index in [-0.39, 0.29) is 12.8 Å². The molecule has 0 saturated carbocycles.